The summed E-state index contributed by atoms with van der Waals surface area (Å²) in [6.45, 7) is 6.80. The van der Waals surface area contributed by atoms with Crippen LogP contribution in [0.2, 0.25) is 0 Å². The zero-order valence-corrected chi connectivity index (χ0v) is 15.7. The van der Waals surface area contributed by atoms with E-state index in [1.165, 1.54) is 26.2 Å². The van der Waals surface area contributed by atoms with Gasteiger partial charge < -0.3 is 15.5 Å². The molecule has 138 valence electrons. The molecule has 26 heavy (non-hydrogen) atoms. The van der Waals surface area contributed by atoms with E-state index >= 15 is 0 Å². The SMILES string of the molecule is CCC1CCCCN1c1cc(C)nc(Nc2ccc(NC(C)=O)cc2)n1. The largest absolute Gasteiger partial charge is 0.353 e. The molecule has 1 unspecified atom stereocenters. The molecule has 0 aliphatic carbocycles. The average Bonchev–Trinajstić information content (AvgIpc) is 2.62. The zero-order valence-electron chi connectivity index (χ0n) is 15.7. The van der Waals surface area contributed by atoms with E-state index in [-0.39, 0.29) is 5.91 Å². The Hall–Kier alpha value is -2.63. The van der Waals surface area contributed by atoms with E-state index in [1.807, 2.05) is 31.2 Å². The van der Waals surface area contributed by atoms with Crippen molar-refractivity contribution in [2.75, 3.05) is 22.1 Å². The van der Waals surface area contributed by atoms with Crippen LogP contribution in [0.4, 0.5) is 23.1 Å². The Morgan fingerprint density at radius 2 is 1.92 bits per heavy atom. The molecule has 0 spiro atoms. The summed E-state index contributed by atoms with van der Waals surface area (Å²) in [5, 5.41) is 6.04. The highest BCUT2D eigenvalue weighted by molar-refractivity contribution is 5.88. The minimum atomic E-state index is -0.0793. The molecule has 1 aliphatic heterocycles. The maximum absolute atomic E-state index is 11.1. The van der Waals surface area contributed by atoms with Crippen LogP contribution < -0.4 is 15.5 Å². The third-order valence-corrected chi connectivity index (χ3v) is 4.69. The summed E-state index contributed by atoms with van der Waals surface area (Å²) in [6, 6.07) is 10.2. The van der Waals surface area contributed by atoms with Gasteiger partial charge in [0.2, 0.25) is 11.9 Å². The van der Waals surface area contributed by atoms with Gasteiger partial charge in [-0.25, -0.2) is 4.98 Å². The van der Waals surface area contributed by atoms with Crippen molar-refractivity contribution in [3.8, 4) is 0 Å². The minimum Gasteiger partial charge on any atom is -0.353 e. The average molecular weight is 353 g/mol. The standard InChI is InChI=1S/C20H27N5O/c1-4-18-7-5-6-12-25(18)19-13-14(2)21-20(24-19)23-17-10-8-16(9-11-17)22-15(3)26/h8-11,13,18H,4-7,12H2,1-3H3,(H,22,26)(H,21,23,24). The Morgan fingerprint density at radius 3 is 2.62 bits per heavy atom. The summed E-state index contributed by atoms with van der Waals surface area (Å²) in [6.07, 6.45) is 4.88. The van der Waals surface area contributed by atoms with Crippen LogP contribution in [0, 0.1) is 6.92 Å². The van der Waals surface area contributed by atoms with Gasteiger partial charge in [-0.1, -0.05) is 6.92 Å². The van der Waals surface area contributed by atoms with Gasteiger partial charge in [0.25, 0.3) is 0 Å². The van der Waals surface area contributed by atoms with Crippen LogP contribution in [0.25, 0.3) is 0 Å². The molecule has 2 N–H and O–H groups in total. The molecule has 3 rings (SSSR count). The maximum atomic E-state index is 11.1. The number of piperidine rings is 1. The first-order chi connectivity index (χ1) is 12.5. The van der Waals surface area contributed by atoms with Crippen LogP contribution >= 0.6 is 0 Å². The van der Waals surface area contributed by atoms with Gasteiger partial charge >= 0.3 is 0 Å². The molecule has 2 heterocycles. The fourth-order valence-corrected chi connectivity index (χ4v) is 3.45. The predicted octanol–water partition coefficient (Wildman–Crippen LogP) is 4.26. The number of aryl methyl sites for hydroxylation is 1. The Morgan fingerprint density at radius 1 is 1.19 bits per heavy atom. The van der Waals surface area contributed by atoms with E-state index in [1.54, 1.807) is 0 Å². The molecular weight excluding hydrogens is 326 g/mol. The van der Waals surface area contributed by atoms with Crippen molar-refractivity contribution in [2.24, 2.45) is 0 Å². The molecule has 0 radical (unpaired) electrons. The van der Waals surface area contributed by atoms with Crippen molar-refractivity contribution in [1.29, 1.82) is 0 Å². The lowest BCUT2D eigenvalue weighted by Gasteiger charge is -2.36. The number of nitrogens with one attached hydrogen (secondary N) is 2. The number of anilines is 4. The van der Waals surface area contributed by atoms with E-state index in [4.69, 9.17) is 4.98 Å². The van der Waals surface area contributed by atoms with Crippen molar-refractivity contribution in [3.05, 3.63) is 36.0 Å². The molecule has 1 amide bonds. The quantitative estimate of drug-likeness (QED) is 0.841. The highest BCUT2D eigenvalue weighted by Gasteiger charge is 2.22. The van der Waals surface area contributed by atoms with Gasteiger partial charge in [0, 0.05) is 42.6 Å². The second-order valence-electron chi connectivity index (χ2n) is 6.83. The van der Waals surface area contributed by atoms with Crippen LogP contribution in [-0.2, 0) is 4.79 Å². The van der Waals surface area contributed by atoms with E-state index in [0.717, 1.165) is 35.9 Å². The topological polar surface area (TPSA) is 70.2 Å². The molecule has 1 aromatic carbocycles. The fraction of sp³-hybridized carbons (Fsp3) is 0.450. The van der Waals surface area contributed by atoms with Gasteiger partial charge in [0.05, 0.1) is 0 Å². The predicted molar refractivity (Wildman–Crippen MR) is 106 cm³/mol. The fourth-order valence-electron chi connectivity index (χ4n) is 3.45. The Bertz CT molecular complexity index is 759. The third-order valence-electron chi connectivity index (χ3n) is 4.69. The van der Waals surface area contributed by atoms with Crippen LogP contribution in [0.5, 0.6) is 0 Å². The molecule has 1 aliphatic rings. The number of carbonyl (C=O) groups excluding carboxylic acids is 1. The first-order valence-corrected chi connectivity index (χ1v) is 9.32. The van der Waals surface area contributed by atoms with Crippen LogP contribution in [-0.4, -0.2) is 28.5 Å². The van der Waals surface area contributed by atoms with Gasteiger partial charge in [-0.05, 0) is 56.9 Å². The number of hydrogen-bond acceptors (Lipinski definition) is 5. The number of rotatable bonds is 5. The van der Waals surface area contributed by atoms with Gasteiger partial charge in [0.1, 0.15) is 5.82 Å². The van der Waals surface area contributed by atoms with E-state index < -0.39 is 0 Å². The number of carbonyl (C=O) groups is 1. The van der Waals surface area contributed by atoms with E-state index in [2.05, 4.69) is 33.5 Å². The first kappa shape index (κ1) is 18.2. The van der Waals surface area contributed by atoms with Crippen LogP contribution in [0.15, 0.2) is 30.3 Å². The monoisotopic (exact) mass is 353 g/mol. The molecule has 0 saturated carbocycles. The number of aromatic nitrogens is 2. The summed E-state index contributed by atoms with van der Waals surface area (Å²) >= 11 is 0. The zero-order chi connectivity index (χ0) is 18.5. The highest BCUT2D eigenvalue weighted by Crippen LogP contribution is 2.27. The van der Waals surface area contributed by atoms with Crippen molar-refractivity contribution in [2.45, 2.75) is 52.5 Å². The molecule has 6 heteroatoms. The van der Waals surface area contributed by atoms with Crippen molar-refractivity contribution < 1.29 is 4.79 Å². The lowest BCUT2D eigenvalue weighted by atomic mass is 10.00. The maximum Gasteiger partial charge on any atom is 0.229 e. The van der Waals surface area contributed by atoms with Crippen molar-refractivity contribution >= 4 is 29.0 Å². The molecule has 2 aromatic rings. The van der Waals surface area contributed by atoms with E-state index in [9.17, 15) is 4.79 Å². The minimum absolute atomic E-state index is 0.0793. The molecule has 1 aromatic heterocycles. The van der Waals surface area contributed by atoms with Crippen LogP contribution in [0.3, 0.4) is 0 Å². The Balaban J connectivity index is 1.78. The Labute approximate surface area is 155 Å². The molecule has 6 nitrogen and oxygen atoms in total. The molecule has 1 atom stereocenters. The van der Waals surface area contributed by atoms with Gasteiger partial charge in [0.15, 0.2) is 0 Å². The number of amides is 1. The summed E-state index contributed by atoms with van der Waals surface area (Å²) in [4.78, 5) is 22.8. The van der Waals surface area contributed by atoms with Crippen LogP contribution in [0.1, 0.15) is 45.2 Å². The smallest absolute Gasteiger partial charge is 0.229 e. The van der Waals surface area contributed by atoms with Gasteiger partial charge in [-0.15, -0.1) is 0 Å². The summed E-state index contributed by atoms with van der Waals surface area (Å²) in [5.74, 6) is 1.53. The van der Waals surface area contributed by atoms with E-state index in [0.29, 0.717) is 12.0 Å². The molecule has 1 fully saturated rings. The number of nitrogens with zero attached hydrogens (tertiary/aromatic N) is 3. The van der Waals surface area contributed by atoms with Crippen molar-refractivity contribution in [3.63, 3.8) is 0 Å². The van der Waals surface area contributed by atoms with Crippen molar-refractivity contribution in [1.82, 2.24) is 9.97 Å². The normalized spacial score (nSPS) is 17.0. The summed E-state index contributed by atoms with van der Waals surface area (Å²) < 4.78 is 0. The third kappa shape index (κ3) is 4.50. The van der Waals surface area contributed by atoms with Gasteiger partial charge in [-0.3, -0.25) is 4.79 Å². The second-order valence-corrected chi connectivity index (χ2v) is 6.83. The Kier molecular flexibility index (Phi) is 5.71. The van der Waals surface area contributed by atoms with Gasteiger partial charge in [-0.2, -0.15) is 4.98 Å². The lowest BCUT2D eigenvalue weighted by Crippen LogP contribution is -2.39. The molecular formula is C20H27N5O. The second kappa shape index (κ2) is 8.17. The lowest BCUT2D eigenvalue weighted by molar-refractivity contribution is -0.114. The molecule has 1 saturated heterocycles. The number of hydrogen-bond donors (Lipinski definition) is 2. The summed E-state index contributed by atoms with van der Waals surface area (Å²) in [5.41, 5.74) is 2.61. The highest BCUT2D eigenvalue weighted by atomic mass is 16.1. The number of benzene rings is 1. The molecule has 0 bridgehead atoms. The summed E-state index contributed by atoms with van der Waals surface area (Å²) in [7, 11) is 0. The first-order valence-electron chi connectivity index (χ1n) is 9.32.